The number of rotatable bonds is 11. The van der Waals surface area contributed by atoms with Gasteiger partial charge in [-0.3, -0.25) is 5.01 Å². The Labute approximate surface area is 173 Å². The lowest BCUT2D eigenvalue weighted by Crippen LogP contribution is -2.53. The third-order valence-corrected chi connectivity index (χ3v) is 5.32. The molecule has 0 spiro atoms. The molecule has 10 heteroatoms. The van der Waals surface area contributed by atoms with Gasteiger partial charge in [-0.25, -0.2) is 0 Å². The molecule has 1 aliphatic heterocycles. The highest BCUT2D eigenvalue weighted by molar-refractivity contribution is 8.14. The summed E-state index contributed by atoms with van der Waals surface area (Å²) in [5, 5.41) is 15.5. The number of nitrogens with zero attached hydrogens (tertiary/aromatic N) is 2. The average Bonchev–Trinajstić information content (AvgIpc) is 3.18. The quantitative estimate of drug-likeness (QED) is 0.517. The van der Waals surface area contributed by atoms with Crippen LogP contribution >= 0.6 is 11.8 Å². The van der Waals surface area contributed by atoms with E-state index in [1.165, 1.54) is 28.9 Å². The van der Waals surface area contributed by atoms with Gasteiger partial charge in [0.05, 0.1) is 24.7 Å². The summed E-state index contributed by atoms with van der Waals surface area (Å²) in [5.41, 5.74) is 4.31. The number of alkyl halides is 3. The van der Waals surface area contributed by atoms with E-state index >= 15 is 0 Å². The van der Waals surface area contributed by atoms with Gasteiger partial charge in [0.25, 0.3) is 0 Å². The zero-order valence-corrected chi connectivity index (χ0v) is 17.5. The number of hydrogen-bond donors (Lipinski definition) is 2. The molecular weight excluding hydrogens is 407 g/mol. The van der Waals surface area contributed by atoms with Gasteiger partial charge in [0.1, 0.15) is 23.1 Å². The SMILES string of the molecule is CCCCCOCCOc1ccc(C2=NN(C(C)(N)CO)CS2)cc1C(F)(F)F. The fourth-order valence-electron chi connectivity index (χ4n) is 2.55. The van der Waals surface area contributed by atoms with Crippen LogP contribution < -0.4 is 10.5 Å². The van der Waals surface area contributed by atoms with E-state index in [1.807, 2.05) is 0 Å². The first kappa shape index (κ1) is 23.8. The van der Waals surface area contributed by atoms with E-state index in [0.717, 1.165) is 25.3 Å². The lowest BCUT2D eigenvalue weighted by Gasteiger charge is -2.30. The first-order chi connectivity index (χ1) is 13.7. The molecule has 0 saturated carbocycles. The third kappa shape index (κ3) is 6.77. The zero-order chi connectivity index (χ0) is 21.5. The van der Waals surface area contributed by atoms with Gasteiger partial charge >= 0.3 is 6.18 Å². The van der Waals surface area contributed by atoms with Gasteiger partial charge in [0, 0.05) is 12.2 Å². The summed E-state index contributed by atoms with van der Waals surface area (Å²) in [5.74, 6) is 0.107. The molecule has 0 amide bonds. The molecule has 6 nitrogen and oxygen atoms in total. The first-order valence-electron chi connectivity index (χ1n) is 9.50. The standard InChI is InChI=1S/C19H28F3N3O3S/c1-3-4-5-8-27-9-10-28-16-7-6-14(11-15(16)19(20,21)22)17-24-25(13-29-17)18(2,23)12-26/h6-7,11,26H,3-5,8-10,12-13,23H2,1-2H3. The van der Waals surface area contributed by atoms with E-state index in [1.54, 1.807) is 6.92 Å². The molecule has 0 bridgehead atoms. The van der Waals surface area contributed by atoms with Crippen LogP contribution in [-0.4, -0.2) is 53.1 Å². The molecule has 0 fully saturated rings. The monoisotopic (exact) mass is 435 g/mol. The van der Waals surface area contributed by atoms with Crippen molar-refractivity contribution in [1.82, 2.24) is 5.01 Å². The Balaban J connectivity index is 2.07. The van der Waals surface area contributed by atoms with Crippen LogP contribution in [0.15, 0.2) is 23.3 Å². The Morgan fingerprint density at radius 1 is 1.24 bits per heavy atom. The Hall–Kier alpha value is -1.49. The molecule has 1 atom stereocenters. The topological polar surface area (TPSA) is 80.3 Å². The molecule has 1 heterocycles. The molecule has 0 saturated heterocycles. The predicted octanol–water partition coefficient (Wildman–Crippen LogP) is 3.63. The van der Waals surface area contributed by atoms with Gasteiger partial charge in [0.15, 0.2) is 0 Å². The molecule has 0 radical (unpaired) electrons. The molecule has 164 valence electrons. The fraction of sp³-hybridized carbons (Fsp3) is 0.632. The van der Waals surface area contributed by atoms with Crippen molar-refractivity contribution in [3.8, 4) is 5.75 Å². The van der Waals surface area contributed by atoms with Crippen molar-refractivity contribution in [2.45, 2.75) is 44.9 Å². The average molecular weight is 436 g/mol. The van der Waals surface area contributed by atoms with Crippen LogP contribution in [0.25, 0.3) is 0 Å². The fourth-order valence-corrected chi connectivity index (χ4v) is 3.60. The Bertz CT molecular complexity index is 699. The highest BCUT2D eigenvalue weighted by Gasteiger charge is 2.36. The summed E-state index contributed by atoms with van der Waals surface area (Å²) in [7, 11) is 0. The summed E-state index contributed by atoms with van der Waals surface area (Å²) in [6, 6.07) is 3.86. The molecular formula is C19H28F3N3O3S. The van der Waals surface area contributed by atoms with E-state index in [9.17, 15) is 18.3 Å². The number of aliphatic hydroxyl groups excluding tert-OH is 1. The summed E-state index contributed by atoms with van der Waals surface area (Å²) in [4.78, 5) is 0. The van der Waals surface area contributed by atoms with Crippen molar-refractivity contribution in [1.29, 1.82) is 0 Å². The van der Waals surface area contributed by atoms with E-state index < -0.39 is 17.4 Å². The van der Waals surface area contributed by atoms with Gasteiger partial charge in [-0.1, -0.05) is 31.5 Å². The second-order valence-electron chi connectivity index (χ2n) is 6.97. The van der Waals surface area contributed by atoms with E-state index in [-0.39, 0.29) is 25.6 Å². The maximum atomic E-state index is 13.5. The number of unbranched alkanes of at least 4 members (excludes halogenated alkanes) is 2. The number of aliphatic hydroxyl groups is 1. The number of ether oxygens (including phenoxy) is 2. The van der Waals surface area contributed by atoms with Gasteiger partial charge in [-0.05, 0) is 31.5 Å². The van der Waals surface area contributed by atoms with Gasteiger partial charge in [-0.2, -0.15) is 18.3 Å². The van der Waals surface area contributed by atoms with Crippen LogP contribution in [0, 0.1) is 0 Å². The molecule has 1 aromatic carbocycles. The summed E-state index contributed by atoms with van der Waals surface area (Å²) >= 11 is 1.26. The minimum absolute atomic E-state index is 0.0417. The number of thioether (sulfide) groups is 1. The molecule has 3 N–H and O–H groups in total. The minimum Gasteiger partial charge on any atom is -0.491 e. The second-order valence-corrected chi connectivity index (χ2v) is 7.90. The van der Waals surface area contributed by atoms with Crippen LogP contribution in [0.1, 0.15) is 44.2 Å². The van der Waals surface area contributed by atoms with Crippen molar-refractivity contribution in [3.63, 3.8) is 0 Å². The summed E-state index contributed by atoms with van der Waals surface area (Å²) in [6.45, 7) is 4.20. The second kappa shape index (κ2) is 10.5. The minimum atomic E-state index is -4.57. The molecule has 1 aromatic rings. The van der Waals surface area contributed by atoms with Gasteiger partial charge < -0.3 is 20.3 Å². The number of halogens is 3. The van der Waals surface area contributed by atoms with Crippen molar-refractivity contribution in [2.24, 2.45) is 10.8 Å². The van der Waals surface area contributed by atoms with Crippen LogP contribution in [-0.2, 0) is 10.9 Å². The zero-order valence-electron chi connectivity index (χ0n) is 16.7. The molecule has 1 aliphatic rings. The van der Waals surface area contributed by atoms with Crippen LogP contribution in [0.2, 0.25) is 0 Å². The Morgan fingerprint density at radius 3 is 2.66 bits per heavy atom. The lowest BCUT2D eigenvalue weighted by atomic mass is 10.1. The summed E-state index contributed by atoms with van der Waals surface area (Å²) < 4.78 is 51.3. The number of hydrazone groups is 1. The molecule has 2 rings (SSSR count). The maximum absolute atomic E-state index is 13.5. The summed E-state index contributed by atoms with van der Waals surface area (Å²) in [6.07, 6.45) is -1.51. The van der Waals surface area contributed by atoms with Crippen molar-refractivity contribution in [2.75, 3.05) is 32.3 Å². The van der Waals surface area contributed by atoms with E-state index in [0.29, 0.717) is 23.1 Å². The number of nitrogens with two attached hydrogens (primary N) is 1. The highest BCUT2D eigenvalue weighted by Crippen LogP contribution is 2.38. The molecule has 1 unspecified atom stereocenters. The number of benzene rings is 1. The van der Waals surface area contributed by atoms with Crippen LogP contribution in [0.5, 0.6) is 5.75 Å². The van der Waals surface area contributed by atoms with Crippen molar-refractivity contribution < 1.29 is 27.8 Å². The molecule has 29 heavy (non-hydrogen) atoms. The van der Waals surface area contributed by atoms with Gasteiger partial charge in [0.2, 0.25) is 0 Å². The number of hydrogen-bond acceptors (Lipinski definition) is 7. The molecule has 0 aliphatic carbocycles. The van der Waals surface area contributed by atoms with Crippen LogP contribution in [0.4, 0.5) is 13.2 Å². The first-order valence-corrected chi connectivity index (χ1v) is 10.5. The van der Waals surface area contributed by atoms with E-state index in [4.69, 9.17) is 15.2 Å². The van der Waals surface area contributed by atoms with Crippen LogP contribution in [0.3, 0.4) is 0 Å². The lowest BCUT2D eigenvalue weighted by molar-refractivity contribution is -0.139. The van der Waals surface area contributed by atoms with Gasteiger partial charge in [-0.15, -0.1) is 0 Å². The normalized spacial score (nSPS) is 16.7. The Kier molecular flexibility index (Phi) is 8.62. The largest absolute Gasteiger partial charge is 0.491 e. The van der Waals surface area contributed by atoms with E-state index in [2.05, 4.69) is 12.0 Å². The smallest absolute Gasteiger partial charge is 0.419 e. The van der Waals surface area contributed by atoms with Crippen molar-refractivity contribution in [3.05, 3.63) is 29.3 Å². The highest BCUT2D eigenvalue weighted by atomic mass is 32.2. The third-order valence-electron chi connectivity index (χ3n) is 4.35. The maximum Gasteiger partial charge on any atom is 0.419 e. The predicted molar refractivity (Wildman–Crippen MR) is 108 cm³/mol. The molecule has 0 aromatic heterocycles. The Morgan fingerprint density at radius 2 is 2.00 bits per heavy atom. The van der Waals surface area contributed by atoms with Crippen molar-refractivity contribution >= 4 is 16.8 Å².